The van der Waals surface area contributed by atoms with Gasteiger partial charge in [0, 0.05) is 13.1 Å². The predicted octanol–water partition coefficient (Wildman–Crippen LogP) is 1.58. The van der Waals surface area contributed by atoms with E-state index in [-0.39, 0.29) is 6.10 Å². The Labute approximate surface area is 119 Å². The minimum absolute atomic E-state index is 0.0854. The first-order valence-electron chi connectivity index (χ1n) is 7.68. The minimum Gasteiger partial charge on any atom is -0.367 e. The molecule has 1 unspecified atom stereocenters. The lowest BCUT2D eigenvalue weighted by atomic mass is 9.99. The summed E-state index contributed by atoms with van der Waals surface area (Å²) in [7, 11) is 0. The molecule has 6 heteroatoms. The fourth-order valence-corrected chi connectivity index (χ4v) is 3.17. The standard InChI is InChI=1S/C14H24N4O2/c1-2-7-18-8-9-19-11(10-18)12-16-13(20-17-12)14(15)5-3-4-6-14/h11H,2-10,15H2,1H3. The second-order valence-corrected chi connectivity index (χ2v) is 5.98. The van der Waals surface area contributed by atoms with Crippen molar-refractivity contribution in [3.05, 3.63) is 11.7 Å². The molecule has 1 aliphatic heterocycles. The quantitative estimate of drug-likeness (QED) is 0.902. The van der Waals surface area contributed by atoms with Gasteiger partial charge in [0.25, 0.3) is 0 Å². The molecule has 1 aromatic heterocycles. The SMILES string of the molecule is CCCN1CCOC(c2noc(C3(N)CCCC3)n2)C1. The van der Waals surface area contributed by atoms with Gasteiger partial charge in [-0.2, -0.15) is 4.98 Å². The van der Waals surface area contributed by atoms with E-state index in [1.807, 2.05) is 0 Å². The van der Waals surface area contributed by atoms with Gasteiger partial charge in [0.1, 0.15) is 6.10 Å². The van der Waals surface area contributed by atoms with Gasteiger partial charge in [-0.15, -0.1) is 0 Å². The highest BCUT2D eigenvalue weighted by Gasteiger charge is 2.38. The number of morpholine rings is 1. The predicted molar refractivity (Wildman–Crippen MR) is 74.1 cm³/mol. The lowest BCUT2D eigenvalue weighted by Crippen LogP contribution is -2.39. The summed E-state index contributed by atoms with van der Waals surface area (Å²) in [5, 5.41) is 4.11. The lowest BCUT2D eigenvalue weighted by Gasteiger charge is -2.31. The van der Waals surface area contributed by atoms with Crippen LogP contribution in [0.1, 0.15) is 56.8 Å². The first-order valence-corrected chi connectivity index (χ1v) is 7.68. The van der Waals surface area contributed by atoms with E-state index in [1.54, 1.807) is 0 Å². The van der Waals surface area contributed by atoms with E-state index >= 15 is 0 Å². The van der Waals surface area contributed by atoms with Crippen LogP contribution in [0.5, 0.6) is 0 Å². The highest BCUT2D eigenvalue weighted by molar-refractivity contribution is 5.06. The van der Waals surface area contributed by atoms with Crippen molar-refractivity contribution >= 4 is 0 Å². The summed E-state index contributed by atoms with van der Waals surface area (Å²) in [6.07, 6.45) is 5.20. The zero-order chi connectivity index (χ0) is 14.0. The molecule has 1 aliphatic carbocycles. The summed E-state index contributed by atoms with van der Waals surface area (Å²) in [5.41, 5.74) is 5.94. The first kappa shape index (κ1) is 14.0. The molecule has 2 aliphatic rings. The summed E-state index contributed by atoms with van der Waals surface area (Å²) < 4.78 is 11.2. The van der Waals surface area contributed by atoms with Crippen LogP contribution < -0.4 is 5.73 Å². The van der Waals surface area contributed by atoms with Crippen LogP contribution in [0, 0.1) is 0 Å². The number of hydrogen-bond donors (Lipinski definition) is 1. The third-order valence-electron chi connectivity index (χ3n) is 4.34. The molecule has 6 nitrogen and oxygen atoms in total. The average Bonchev–Trinajstić information content (AvgIpc) is 3.09. The molecule has 0 radical (unpaired) electrons. The summed E-state index contributed by atoms with van der Waals surface area (Å²) in [5.74, 6) is 1.23. The van der Waals surface area contributed by atoms with E-state index in [2.05, 4.69) is 22.0 Å². The van der Waals surface area contributed by atoms with E-state index in [9.17, 15) is 0 Å². The third kappa shape index (κ3) is 2.73. The average molecular weight is 280 g/mol. The molecule has 0 amide bonds. The lowest BCUT2D eigenvalue weighted by molar-refractivity contribution is -0.0350. The monoisotopic (exact) mass is 280 g/mol. The Balaban J connectivity index is 1.70. The van der Waals surface area contributed by atoms with E-state index in [1.165, 1.54) is 0 Å². The largest absolute Gasteiger partial charge is 0.367 e. The van der Waals surface area contributed by atoms with Gasteiger partial charge in [0.15, 0.2) is 0 Å². The summed E-state index contributed by atoms with van der Waals surface area (Å²) in [4.78, 5) is 6.91. The summed E-state index contributed by atoms with van der Waals surface area (Å²) >= 11 is 0. The molecule has 0 bridgehead atoms. The Morgan fingerprint density at radius 1 is 1.40 bits per heavy atom. The third-order valence-corrected chi connectivity index (χ3v) is 4.34. The highest BCUT2D eigenvalue weighted by atomic mass is 16.5. The molecule has 2 N–H and O–H groups in total. The van der Waals surface area contributed by atoms with Crippen LogP contribution in [-0.4, -0.2) is 41.3 Å². The number of nitrogens with zero attached hydrogens (tertiary/aromatic N) is 3. The normalized spacial score (nSPS) is 27.0. The topological polar surface area (TPSA) is 77.4 Å². The van der Waals surface area contributed by atoms with Crippen molar-refractivity contribution < 1.29 is 9.26 Å². The van der Waals surface area contributed by atoms with Gasteiger partial charge < -0.3 is 15.0 Å². The molecule has 1 saturated carbocycles. The molecule has 0 spiro atoms. The van der Waals surface area contributed by atoms with Crippen LogP contribution in [-0.2, 0) is 10.3 Å². The molecule has 20 heavy (non-hydrogen) atoms. The molecule has 0 aromatic carbocycles. The van der Waals surface area contributed by atoms with Gasteiger partial charge in [-0.3, -0.25) is 4.90 Å². The van der Waals surface area contributed by atoms with Crippen molar-refractivity contribution in [3.8, 4) is 0 Å². The second-order valence-electron chi connectivity index (χ2n) is 5.98. The zero-order valence-corrected chi connectivity index (χ0v) is 12.2. The van der Waals surface area contributed by atoms with Crippen LogP contribution >= 0.6 is 0 Å². The van der Waals surface area contributed by atoms with Crippen molar-refractivity contribution in [2.24, 2.45) is 5.73 Å². The molecule has 112 valence electrons. The Hall–Kier alpha value is -0.980. The Morgan fingerprint density at radius 2 is 2.20 bits per heavy atom. The van der Waals surface area contributed by atoms with Crippen molar-refractivity contribution in [2.75, 3.05) is 26.2 Å². The van der Waals surface area contributed by atoms with E-state index in [0.717, 1.165) is 58.3 Å². The zero-order valence-electron chi connectivity index (χ0n) is 12.2. The van der Waals surface area contributed by atoms with Crippen molar-refractivity contribution in [1.82, 2.24) is 15.0 Å². The van der Waals surface area contributed by atoms with E-state index < -0.39 is 5.54 Å². The van der Waals surface area contributed by atoms with Crippen molar-refractivity contribution in [3.63, 3.8) is 0 Å². The van der Waals surface area contributed by atoms with E-state index in [4.69, 9.17) is 15.0 Å². The Kier molecular flexibility index (Phi) is 4.05. The molecule has 1 atom stereocenters. The molecular formula is C14H24N4O2. The van der Waals surface area contributed by atoms with Gasteiger partial charge in [0.2, 0.25) is 11.7 Å². The molecule has 1 aromatic rings. The van der Waals surface area contributed by atoms with E-state index in [0.29, 0.717) is 11.7 Å². The molecule has 1 saturated heterocycles. The minimum atomic E-state index is -0.414. The summed E-state index contributed by atoms with van der Waals surface area (Å²) in [6, 6.07) is 0. The molecule has 2 fully saturated rings. The molecular weight excluding hydrogens is 256 g/mol. The van der Waals surface area contributed by atoms with Crippen LogP contribution in [0.15, 0.2) is 4.52 Å². The second kappa shape index (κ2) is 5.79. The number of hydrogen-bond acceptors (Lipinski definition) is 6. The fraction of sp³-hybridized carbons (Fsp3) is 0.857. The Morgan fingerprint density at radius 3 is 2.95 bits per heavy atom. The van der Waals surface area contributed by atoms with Crippen LogP contribution in [0.4, 0.5) is 0 Å². The van der Waals surface area contributed by atoms with Crippen LogP contribution in [0.25, 0.3) is 0 Å². The smallest absolute Gasteiger partial charge is 0.246 e. The maximum Gasteiger partial charge on any atom is 0.246 e. The maximum absolute atomic E-state index is 6.35. The first-order chi connectivity index (χ1) is 9.71. The van der Waals surface area contributed by atoms with Gasteiger partial charge in [0.05, 0.1) is 12.1 Å². The van der Waals surface area contributed by atoms with Crippen molar-refractivity contribution in [1.29, 1.82) is 0 Å². The van der Waals surface area contributed by atoms with Gasteiger partial charge in [-0.25, -0.2) is 0 Å². The van der Waals surface area contributed by atoms with Crippen LogP contribution in [0.3, 0.4) is 0 Å². The molecule has 2 heterocycles. The molecule has 3 rings (SSSR count). The van der Waals surface area contributed by atoms with Crippen LogP contribution in [0.2, 0.25) is 0 Å². The summed E-state index contributed by atoms with van der Waals surface area (Å²) in [6.45, 7) is 5.82. The number of ether oxygens (including phenoxy) is 1. The van der Waals surface area contributed by atoms with Crippen molar-refractivity contribution in [2.45, 2.75) is 50.7 Å². The Bertz CT molecular complexity index is 440. The van der Waals surface area contributed by atoms with Gasteiger partial charge in [-0.05, 0) is 25.8 Å². The number of aromatic nitrogens is 2. The van der Waals surface area contributed by atoms with Gasteiger partial charge in [-0.1, -0.05) is 24.9 Å². The fourth-order valence-electron chi connectivity index (χ4n) is 3.17. The van der Waals surface area contributed by atoms with Gasteiger partial charge >= 0.3 is 0 Å². The number of nitrogens with two attached hydrogens (primary N) is 1. The number of rotatable bonds is 4. The maximum atomic E-state index is 6.35. The highest BCUT2D eigenvalue weighted by Crippen LogP contribution is 2.35.